The lowest BCUT2D eigenvalue weighted by molar-refractivity contribution is -0.148. The lowest BCUT2D eigenvalue weighted by Gasteiger charge is -2.19. The fourth-order valence-corrected chi connectivity index (χ4v) is 1.76. The van der Waals surface area contributed by atoms with E-state index in [1.165, 1.54) is 20.9 Å². The van der Waals surface area contributed by atoms with E-state index in [1.54, 1.807) is 18.2 Å². The van der Waals surface area contributed by atoms with Crippen LogP contribution in [0.5, 0.6) is 0 Å². The largest absolute Gasteiger partial charge is 0.481 e. The first-order chi connectivity index (χ1) is 9.67. The Hall–Kier alpha value is -2.37. The highest BCUT2D eigenvalue weighted by atomic mass is 16.4. The second-order valence-electron chi connectivity index (χ2n) is 5.54. The summed E-state index contributed by atoms with van der Waals surface area (Å²) in [4.78, 5) is 34.8. The normalized spacial score (nSPS) is 10.9. The number of aryl methyl sites for hydroxylation is 1. The smallest absolute Gasteiger partial charge is 0.309 e. The Morgan fingerprint density at radius 3 is 2.38 bits per heavy atom. The molecule has 0 saturated carbocycles. The minimum absolute atomic E-state index is 0.177. The Labute approximate surface area is 123 Å². The Morgan fingerprint density at radius 1 is 1.24 bits per heavy atom. The van der Waals surface area contributed by atoms with Gasteiger partial charge in [0.1, 0.15) is 0 Å². The first kappa shape index (κ1) is 16.7. The molecule has 6 nitrogen and oxygen atoms in total. The number of carboxylic acid groups (broad SMARTS) is 1. The van der Waals surface area contributed by atoms with Crippen molar-refractivity contribution < 1.29 is 19.5 Å². The van der Waals surface area contributed by atoms with Crippen LogP contribution in [0.2, 0.25) is 0 Å². The van der Waals surface area contributed by atoms with Crippen molar-refractivity contribution in [3.8, 4) is 0 Å². The molecule has 0 saturated heterocycles. The molecule has 1 aromatic rings. The van der Waals surface area contributed by atoms with Gasteiger partial charge in [0.25, 0.3) is 5.91 Å². The monoisotopic (exact) mass is 292 g/mol. The summed E-state index contributed by atoms with van der Waals surface area (Å²) >= 11 is 0. The van der Waals surface area contributed by atoms with Crippen LogP contribution in [0, 0.1) is 12.3 Å². The molecule has 0 atom stereocenters. The molecule has 0 spiro atoms. The number of carbonyl (C=O) groups is 3. The summed E-state index contributed by atoms with van der Waals surface area (Å²) in [6.07, 6.45) is -0.177. The molecule has 1 rings (SSSR count). The van der Waals surface area contributed by atoms with Gasteiger partial charge in [0.05, 0.1) is 16.7 Å². The van der Waals surface area contributed by atoms with Gasteiger partial charge in [-0.25, -0.2) is 0 Å². The fourth-order valence-electron chi connectivity index (χ4n) is 1.76. The molecule has 0 aliphatic carbocycles. The van der Waals surface area contributed by atoms with Gasteiger partial charge in [-0.2, -0.15) is 0 Å². The molecule has 0 fully saturated rings. The van der Waals surface area contributed by atoms with E-state index in [0.717, 1.165) is 5.56 Å². The van der Waals surface area contributed by atoms with Crippen LogP contribution >= 0.6 is 0 Å². The molecule has 0 unspecified atom stereocenters. The van der Waals surface area contributed by atoms with E-state index in [2.05, 4.69) is 10.6 Å². The molecule has 2 amide bonds. The number of hydrogen-bond donors (Lipinski definition) is 3. The van der Waals surface area contributed by atoms with Crippen LogP contribution in [-0.2, 0) is 9.59 Å². The van der Waals surface area contributed by atoms with Crippen LogP contribution in [0.3, 0.4) is 0 Å². The predicted octanol–water partition coefficient (Wildman–Crippen LogP) is 1.79. The van der Waals surface area contributed by atoms with Crippen molar-refractivity contribution in [2.75, 3.05) is 12.4 Å². The first-order valence-corrected chi connectivity index (χ1v) is 6.53. The Kier molecular flexibility index (Phi) is 5.07. The van der Waals surface area contributed by atoms with Crippen molar-refractivity contribution >= 4 is 23.5 Å². The average molecular weight is 292 g/mol. The van der Waals surface area contributed by atoms with Crippen molar-refractivity contribution in [3.05, 3.63) is 29.3 Å². The average Bonchev–Trinajstić information content (AvgIpc) is 2.39. The van der Waals surface area contributed by atoms with E-state index in [1.807, 2.05) is 6.92 Å². The molecule has 0 aromatic heterocycles. The number of carbonyl (C=O) groups excluding carboxylic acids is 2. The summed E-state index contributed by atoms with van der Waals surface area (Å²) in [6.45, 7) is 4.79. The molecular weight excluding hydrogens is 272 g/mol. The van der Waals surface area contributed by atoms with Crippen molar-refractivity contribution in [1.29, 1.82) is 0 Å². The highest BCUT2D eigenvalue weighted by Gasteiger charge is 2.30. The van der Waals surface area contributed by atoms with Gasteiger partial charge >= 0.3 is 5.97 Å². The van der Waals surface area contributed by atoms with Crippen LogP contribution in [0.1, 0.15) is 36.2 Å². The van der Waals surface area contributed by atoms with Gasteiger partial charge in [-0.3, -0.25) is 14.4 Å². The van der Waals surface area contributed by atoms with Gasteiger partial charge in [-0.1, -0.05) is 11.6 Å². The Balaban J connectivity index is 2.95. The summed E-state index contributed by atoms with van der Waals surface area (Å²) in [5, 5.41) is 14.1. The van der Waals surface area contributed by atoms with Crippen molar-refractivity contribution in [2.45, 2.75) is 27.2 Å². The van der Waals surface area contributed by atoms with Crippen LogP contribution < -0.4 is 10.6 Å². The fraction of sp³-hybridized carbons (Fsp3) is 0.400. The lowest BCUT2D eigenvalue weighted by atomic mass is 9.89. The number of benzene rings is 1. The van der Waals surface area contributed by atoms with Crippen molar-refractivity contribution in [2.24, 2.45) is 5.41 Å². The molecule has 0 aliphatic heterocycles. The van der Waals surface area contributed by atoms with Gasteiger partial charge in [0, 0.05) is 13.5 Å². The van der Waals surface area contributed by atoms with E-state index in [-0.39, 0.29) is 12.3 Å². The third-order valence-electron chi connectivity index (χ3n) is 3.10. The molecule has 6 heteroatoms. The molecule has 0 heterocycles. The van der Waals surface area contributed by atoms with Gasteiger partial charge < -0.3 is 15.7 Å². The second kappa shape index (κ2) is 6.39. The van der Waals surface area contributed by atoms with Crippen LogP contribution in [0.15, 0.2) is 18.2 Å². The van der Waals surface area contributed by atoms with Crippen molar-refractivity contribution in [1.82, 2.24) is 5.32 Å². The molecule has 21 heavy (non-hydrogen) atoms. The summed E-state index contributed by atoms with van der Waals surface area (Å²) < 4.78 is 0. The van der Waals surface area contributed by atoms with E-state index in [4.69, 9.17) is 5.11 Å². The molecule has 1 aromatic carbocycles. The van der Waals surface area contributed by atoms with Crippen LogP contribution in [-0.4, -0.2) is 29.9 Å². The Morgan fingerprint density at radius 2 is 1.86 bits per heavy atom. The number of aliphatic carboxylic acids is 1. The zero-order valence-corrected chi connectivity index (χ0v) is 12.6. The number of hydrogen-bond acceptors (Lipinski definition) is 3. The highest BCUT2D eigenvalue weighted by Crippen LogP contribution is 2.23. The number of nitrogens with one attached hydrogen (secondary N) is 2. The van der Waals surface area contributed by atoms with Gasteiger partial charge in [0.2, 0.25) is 5.91 Å². The zero-order valence-electron chi connectivity index (χ0n) is 12.6. The van der Waals surface area contributed by atoms with E-state index < -0.39 is 17.3 Å². The van der Waals surface area contributed by atoms with E-state index in [9.17, 15) is 14.4 Å². The van der Waals surface area contributed by atoms with Gasteiger partial charge in [-0.05, 0) is 32.9 Å². The molecule has 0 aliphatic rings. The van der Waals surface area contributed by atoms with Crippen LogP contribution in [0.4, 0.5) is 5.69 Å². The van der Waals surface area contributed by atoms with Gasteiger partial charge in [0.15, 0.2) is 0 Å². The Bertz CT molecular complexity index is 579. The number of rotatable bonds is 5. The highest BCUT2D eigenvalue weighted by molar-refractivity contribution is 6.04. The molecule has 0 radical (unpaired) electrons. The number of carboxylic acids is 1. The predicted molar refractivity (Wildman–Crippen MR) is 79.2 cm³/mol. The summed E-state index contributed by atoms with van der Waals surface area (Å²) in [7, 11) is 1.50. The third-order valence-corrected chi connectivity index (χ3v) is 3.10. The topological polar surface area (TPSA) is 95.5 Å². The summed E-state index contributed by atoms with van der Waals surface area (Å²) in [5.74, 6) is -1.81. The molecule has 0 bridgehead atoms. The van der Waals surface area contributed by atoms with Crippen molar-refractivity contribution in [3.63, 3.8) is 0 Å². The number of anilines is 1. The van der Waals surface area contributed by atoms with Gasteiger partial charge in [-0.15, -0.1) is 0 Å². The maximum Gasteiger partial charge on any atom is 0.309 e. The first-order valence-electron chi connectivity index (χ1n) is 6.53. The standard InChI is InChI=1S/C15H20N2O4/c1-9-5-6-11(10(7-9)13(19)16-4)17-12(18)8-15(2,3)14(20)21/h5-7H,8H2,1-4H3,(H,16,19)(H,17,18)(H,20,21). The minimum Gasteiger partial charge on any atom is -0.481 e. The molecule has 114 valence electrons. The van der Waals surface area contributed by atoms with Crippen LogP contribution in [0.25, 0.3) is 0 Å². The third kappa shape index (κ3) is 4.30. The molecular formula is C15H20N2O4. The second-order valence-corrected chi connectivity index (χ2v) is 5.54. The summed E-state index contributed by atoms with van der Waals surface area (Å²) in [6, 6.07) is 5.06. The maximum absolute atomic E-state index is 12.0. The zero-order chi connectivity index (χ0) is 16.2. The lowest BCUT2D eigenvalue weighted by Crippen LogP contribution is -2.30. The summed E-state index contributed by atoms with van der Waals surface area (Å²) in [5.41, 5.74) is 0.435. The van der Waals surface area contributed by atoms with E-state index in [0.29, 0.717) is 11.3 Å². The maximum atomic E-state index is 12.0. The molecule has 3 N–H and O–H groups in total. The minimum atomic E-state index is -1.16. The SMILES string of the molecule is CNC(=O)c1cc(C)ccc1NC(=O)CC(C)(C)C(=O)O. The quantitative estimate of drug-likeness (QED) is 0.771. The number of amides is 2. The van der Waals surface area contributed by atoms with E-state index >= 15 is 0 Å².